The molecule has 0 atom stereocenters. The molecule has 27 heavy (non-hydrogen) atoms. The number of nitro groups is 1. The molecule has 3 rings (SSSR count). The van der Waals surface area contributed by atoms with E-state index in [1.807, 2.05) is 54.6 Å². The van der Waals surface area contributed by atoms with E-state index in [0.717, 1.165) is 28.6 Å². The smallest absolute Gasteiger partial charge is 0.312 e. The highest BCUT2D eigenvalue weighted by molar-refractivity contribution is 14.1. The average Bonchev–Trinajstić information content (AvgIpc) is 2.88. The summed E-state index contributed by atoms with van der Waals surface area (Å²) in [6.07, 6.45) is 1.54. The van der Waals surface area contributed by atoms with Crippen molar-refractivity contribution >= 4 is 62.9 Å². The van der Waals surface area contributed by atoms with Crippen LogP contribution in [-0.4, -0.2) is 21.1 Å². The molecule has 0 saturated carbocycles. The number of phenolic OH excluding ortho intramolecular Hbond substituents is 1. The van der Waals surface area contributed by atoms with Gasteiger partial charge in [0.25, 0.3) is 5.91 Å². The van der Waals surface area contributed by atoms with Gasteiger partial charge < -0.3 is 10.4 Å². The van der Waals surface area contributed by atoms with Crippen molar-refractivity contribution in [2.45, 2.75) is 13.8 Å². The van der Waals surface area contributed by atoms with E-state index in [1.165, 1.54) is 6.07 Å². The standard InChI is InChI=1S/C18H14IN3O4S/c1-9-3-10(2)5-12(4-9)20-18-21-17(24)15(27-18)8-11-6-13(19)16(23)14(7-11)22(25)26/h3-8,23H,1-2H3,(H,20,21,24)/b15-8-. The summed E-state index contributed by atoms with van der Waals surface area (Å²) < 4.78 is 0.334. The normalized spacial score (nSPS) is 16.8. The van der Waals surface area contributed by atoms with Gasteiger partial charge in [-0.25, -0.2) is 4.99 Å². The largest absolute Gasteiger partial charge is 0.501 e. The number of amidine groups is 1. The number of benzene rings is 2. The van der Waals surface area contributed by atoms with Crippen molar-refractivity contribution in [2.75, 3.05) is 0 Å². The number of nitro benzene ring substituents is 1. The van der Waals surface area contributed by atoms with Crippen LogP contribution in [0.1, 0.15) is 16.7 Å². The molecular formula is C18H14IN3O4S. The van der Waals surface area contributed by atoms with Crippen LogP contribution in [0.4, 0.5) is 11.4 Å². The number of phenols is 1. The molecule has 9 heteroatoms. The topological polar surface area (TPSA) is 105 Å². The van der Waals surface area contributed by atoms with Crippen molar-refractivity contribution in [3.63, 3.8) is 0 Å². The molecule has 138 valence electrons. The first kappa shape index (κ1) is 19.4. The third-order valence-electron chi connectivity index (χ3n) is 3.65. The summed E-state index contributed by atoms with van der Waals surface area (Å²) in [6, 6.07) is 8.68. The van der Waals surface area contributed by atoms with Gasteiger partial charge >= 0.3 is 5.69 Å². The Morgan fingerprint density at radius 1 is 1.22 bits per heavy atom. The van der Waals surface area contributed by atoms with Crippen LogP contribution in [-0.2, 0) is 4.79 Å². The summed E-state index contributed by atoms with van der Waals surface area (Å²) in [5.74, 6) is -0.711. The van der Waals surface area contributed by atoms with Crippen LogP contribution in [0, 0.1) is 27.5 Å². The third kappa shape index (κ3) is 4.48. The van der Waals surface area contributed by atoms with Crippen molar-refractivity contribution in [3.8, 4) is 5.75 Å². The number of aryl methyl sites for hydroxylation is 2. The van der Waals surface area contributed by atoms with Crippen molar-refractivity contribution in [2.24, 2.45) is 4.99 Å². The number of aromatic hydroxyl groups is 1. The lowest BCUT2D eigenvalue weighted by Gasteiger charge is -2.02. The van der Waals surface area contributed by atoms with Crippen LogP contribution in [0.25, 0.3) is 6.08 Å². The Balaban J connectivity index is 1.92. The van der Waals surface area contributed by atoms with Crippen molar-refractivity contribution < 1.29 is 14.8 Å². The number of carbonyl (C=O) groups excluding carboxylic acids is 1. The lowest BCUT2D eigenvalue weighted by Crippen LogP contribution is -2.19. The predicted molar refractivity (Wildman–Crippen MR) is 114 cm³/mol. The average molecular weight is 495 g/mol. The van der Waals surface area contributed by atoms with E-state index in [0.29, 0.717) is 19.2 Å². The molecule has 0 radical (unpaired) electrons. The number of nitrogens with zero attached hydrogens (tertiary/aromatic N) is 2. The van der Waals surface area contributed by atoms with E-state index in [9.17, 15) is 20.0 Å². The number of aliphatic imine (C=N–C) groups is 1. The minimum Gasteiger partial charge on any atom is -0.501 e. The highest BCUT2D eigenvalue weighted by Crippen LogP contribution is 2.35. The number of nitrogens with one attached hydrogen (secondary N) is 1. The van der Waals surface area contributed by atoms with Crippen molar-refractivity contribution in [3.05, 3.63) is 65.6 Å². The Morgan fingerprint density at radius 3 is 2.52 bits per heavy atom. The molecular weight excluding hydrogens is 481 g/mol. The van der Waals surface area contributed by atoms with E-state index in [-0.39, 0.29) is 11.7 Å². The summed E-state index contributed by atoms with van der Waals surface area (Å²) in [4.78, 5) is 27.4. The zero-order chi connectivity index (χ0) is 19.7. The third-order valence-corrected chi connectivity index (χ3v) is 5.38. The molecule has 0 bridgehead atoms. The Morgan fingerprint density at radius 2 is 1.89 bits per heavy atom. The Hall–Kier alpha value is -2.40. The highest BCUT2D eigenvalue weighted by atomic mass is 127. The minimum atomic E-state index is -0.658. The second kappa shape index (κ2) is 7.69. The molecule has 1 aliphatic heterocycles. The van der Waals surface area contributed by atoms with Gasteiger partial charge in [0.15, 0.2) is 5.17 Å². The number of rotatable bonds is 3. The second-order valence-corrected chi connectivity index (χ2v) is 8.15. The molecule has 2 N–H and O–H groups in total. The molecule has 0 aromatic heterocycles. The van der Waals surface area contributed by atoms with Crippen LogP contribution in [0.15, 0.2) is 40.2 Å². The van der Waals surface area contributed by atoms with Crippen LogP contribution >= 0.6 is 34.4 Å². The van der Waals surface area contributed by atoms with Gasteiger partial charge in [-0.05, 0) is 89.2 Å². The first-order valence-corrected chi connectivity index (χ1v) is 9.67. The van der Waals surface area contributed by atoms with Crippen molar-refractivity contribution in [1.29, 1.82) is 0 Å². The Labute approximate surface area is 172 Å². The van der Waals surface area contributed by atoms with E-state index < -0.39 is 10.6 Å². The van der Waals surface area contributed by atoms with Gasteiger partial charge in [0, 0.05) is 6.07 Å². The predicted octanol–water partition coefficient (Wildman–Crippen LogP) is 4.41. The molecule has 1 amide bonds. The van der Waals surface area contributed by atoms with Crippen LogP contribution in [0.3, 0.4) is 0 Å². The maximum absolute atomic E-state index is 12.2. The summed E-state index contributed by atoms with van der Waals surface area (Å²) in [5, 5.41) is 24.0. The number of halogens is 1. The number of hydrogen-bond acceptors (Lipinski definition) is 6. The van der Waals surface area contributed by atoms with Gasteiger partial charge in [-0.1, -0.05) is 6.07 Å². The van der Waals surface area contributed by atoms with E-state index in [4.69, 9.17) is 0 Å². The SMILES string of the molecule is Cc1cc(C)cc(N=C2NC(=O)/C(=C/c3cc(I)c(O)c([N+](=O)[O-])c3)S2)c1. The number of carbonyl (C=O) groups is 1. The lowest BCUT2D eigenvalue weighted by atomic mass is 10.1. The maximum Gasteiger partial charge on any atom is 0.312 e. The molecule has 2 aromatic carbocycles. The molecule has 0 spiro atoms. The fourth-order valence-electron chi connectivity index (χ4n) is 2.59. The Kier molecular flexibility index (Phi) is 5.51. The molecule has 1 saturated heterocycles. The first-order valence-electron chi connectivity index (χ1n) is 7.78. The van der Waals surface area contributed by atoms with Gasteiger partial charge in [-0.3, -0.25) is 14.9 Å². The van der Waals surface area contributed by atoms with E-state index in [1.54, 1.807) is 12.1 Å². The monoisotopic (exact) mass is 495 g/mol. The van der Waals surface area contributed by atoms with Gasteiger partial charge in [0.1, 0.15) is 0 Å². The molecule has 7 nitrogen and oxygen atoms in total. The Bertz CT molecular complexity index is 1010. The zero-order valence-electron chi connectivity index (χ0n) is 14.3. The summed E-state index contributed by atoms with van der Waals surface area (Å²) in [7, 11) is 0. The lowest BCUT2D eigenvalue weighted by molar-refractivity contribution is -0.386. The zero-order valence-corrected chi connectivity index (χ0v) is 17.3. The fourth-order valence-corrected chi connectivity index (χ4v) is 4.07. The van der Waals surface area contributed by atoms with Crippen LogP contribution in [0.5, 0.6) is 5.75 Å². The molecule has 0 aliphatic carbocycles. The van der Waals surface area contributed by atoms with Crippen LogP contribution in [0.2, 0.25) is 0 Å². The van der Waals surface area contributed by atoms with Crippen LogP contribution < -0.4 is 5.32 Å². The molecule has 1 fully saturated rings. The van der Waals surface area contributed by atoms with Gasteiger partial charge in [0.05, 0.1) is 19.1 Å². The first-order chi connectivity index (χ1) is 12.7. The van der Waals surface area contributed by atoms with Gasteiger partial charge in [0.2, 0.25) is 5.75 Å². The summed E-state index contributed by atoms with van der Waals surface area (Å²) >= 11 is 2.97. The quantitative estimate of drug-likeness (QED) is 0.284. The summed E-state index contributed by atoms with van der Waals surface area (Å²) in [5.41, 5.74) is 2.94. The molecule has 1 aliphatic rings. The number of hydrogen-bond donors (Lipinski definition) is 2. The maximum atomic E-state index is 12.2. The minimum absolute atomic E-state index is 0.325. The fraction of sp³-hybridized carbons (Fsp3) is 0.111. The molecule has 0 unspecified atom stereocenters. The molecule has 2 aromatic rings. The van der Waals surface area contributed by atoms with Gasteiger partial charge in [-0.2, -0.15) is 0 Å². The highest BCUT2D eigenvalue weighted by Gasteiger charge is 2.25. The van der Waals surface area contributed by atoms with E-state index >= 15 is 0 Å². The number of amides is 1. The van der Waals surface area contributed by atoms with Crippen molar-refractivity contribution in [1.82, 2.24) is 5.32 Å². The second-order valence-electron chi connectivity index (χ2n) is 5.96. The van der Waals surface area contributed by atoms with E-state index in [2.05, 4.69) is 10.3 Å². The molecule has 1 heterocycles. The van der Waals surface area contributed by atoms with Gasteiger partial charge in [-0.15, -0.1) is 0 Å². The summed E-state index contributed by atoms with van der Waals surface area (Å²) in [6.45, 7) is 3.95. The number of thioether (sulfide) groups is 1.